The number of hydrogen-bond acceptors (Lipinski definition) is 6. The van der Waals surface area contributed by atoms with E-state index < -0.39 is 17.2 Å². The Morgan fingerprint density at radius 3 is 2.69 bits per heavy atom. The predicted molar refractivity (Wildman–Crippen MR) is 121 cm³/mol. The lowest BCUT2D eigenvalue weighted by Gasteiger charge is -2.38. The Morgan fingerprint density at radius 1 is 1.34 bits per heavy atom. The van der Waals surface area contributed by atoms with Crippen molar-refractivity contribution in [2.75, 3.05) is 13.2 Å². The third-order valence-electron chi connectivity index (χ3n) is 7.64. The lowest BCUT2D eigenvalue weighted by atomic mass is 9.87. The number of carbonyl (C=O) groups is 2. The van der Waals surface area contributed by atoms with Crippen LogP contribution in [0.2, 0.25) is 0 Å². The molecule has 2 amide bonds. The van der Waals surface area contributed by atoms with Gasteiger partial charge in [-0.25, -0.2) is 4.99 Å². The lowest BCUT2D eigenvalue weighted by Crippen LogP contribution is -2.52. The first-order valence-electron chi connectivity index (χ1n) is 11.5. The van der Waals surface area contributed by atoms with Gasteiger partial charge in [-0.15, -0.1) is 0 Å². The number of amides is 2. The normalized spacial score (nSPS) is 33.1. The third kappa shape index (κ3) is 3.85. The van der Waals surface area contributed by atoms with Gasteiger partial charge in [-0.3, -0.25) is 14.5 Å². The van der Waals surface area contributed by atoms with Crippen LogP contribution in [0, 0.1) is 17.8 Å². The molecule has 1 saturated carbocycles. The average molecular weight is 443 g/mol. The number of benzene rings is 1. The zero-order valence-electron chi connectivity index (χ0n) is 19.3. The lowest BCUT2D eigenvalue weighted by molar-refractivity contribution is -0.131. The van der Waals surface area contributed by atoms with Crippen molar-refractivity contribution in [2.24, 2.45) is 28.5 Å². The Labute approximate surface area is 189 Å². The largest absolute Gasteiger partial charge is 0.490 e. The second-order valence-corrected chi connectivity index (χ2v) is 9.76. The molecule has 0 bridgehead atoms. The molecular weight excluding hydrogens is 408 g/mol. The van der Waals surface area contributed by atoms with Crippen molar-refractivity contribution < 1.29 is 19.4 Å². The van der Waals surface area contributed by atoms with E-state index in [0.29, 0.717) is 18.7 Å². The maximum absolute atomic E-state index is 13.2. The first kappa shape index (κ1) is 22.6. The van der Waals surface area contributed by atoms with E-state index >= 15 is 0 Å². The molecule has 1 aromatic carbocycles. The molecule has 2 aliphatic heterocycles. The highest BCUT2D eigenvalue weighted by atomic mass is 16.5. The molecule has 4 N–H and O–H groups in total. The number of rotatable bonds is 6. The van der Waals surface area contributed by atoms with Crippen molar-refractivity contribution >= 4 is 17.8 Å². The maximum atomic E-state index is 13.2. The van der Waals surface area contributed by atoms with Crippen LogP contribution in [-0.4, -0.2) is 52.1 Å². The molecule has 0 radical (unpaired) electrons. The Bertz CT molecular complexity index is 940. The van der Waals surface area contributed by atoms with Gasteiger partial charge in [0, 0.05) is 18.0 Å². The molecule has 32 heavy (non-hydrogen) atoms. The highest BCUT2D eigenvalue weighted by Gasteiger charge is 2.54. The molecule has 1 fully saturated rings. The molecule has 1 aliphatic carbocycles. The fraction of sp³-hybridized carbons (Fsp3) is 0.625. The molecule has 3 aliphatic rings. The second kappa shape index (κ2) is 8.06. The number of hydrogen-bond donors (Lipinski definition) is 3. The van der Waals surface area contributed by atoms with Gasteiger partial charge in [-0.05, 0) is 37.7 Å². The summed E-state index contributed by atoms with van der Waals surface area (Å²) in [6, 6.07) is 6.86. The van der Waals surface area contributed by atoms with E-state index in [2.05, 4.69) is 10.3 Å². The minimum atomic E-state index is -1.22. The van der Waals surface area contributed by atoms with Crippen molar-refractivity contribution in [3.05, 3.63) is 29.8 Å². The van der Waals surface area contributed by atoms with Crippen LogP contribution >= 0.6 is 0 Å². The van der Waals surface area contributed by atoms with Crippen LogP contribution in [0.4, 0.5) is 0 Å². The van der Waals surface area contributed by atoms with Crippen molar-refractivity contribution in [3.8, 4) is 5.75 Å². The van der Waals surface area contributed by atoms with E-state index in [-0.39, 0.29) is 42.1 Å². The number of ether oxygens (including phenoxy) is 1. The van der Waals surface area contributed by atoms with Crippen molar-refractivity contribution in [1.29, 1.82) is 0 Å². The summed E-state index contributed by atoms with van der Waals surface area (Å²) in [5.74, 6) is 0.641. The zero-order valence-corrected chi connectivity index (χ0v) is 19.3. The summed E-state index contributed by atoms with van der Waals surface area (Å²) in [6.45, 7) is 8.21. The highest BCUT2D eigenvalue weighted by Crippen LogP contribution is 2.48. The zero-order chi connectivity index (χ0) is 23.3. The van der Waals surface area contributed by atoms with Crippen LogP contribution in [0.15, 0.2) is 29.3 Å². The first-order valence-corrected chi connectivity index (χ1v) is 11.5. The topological polar surface area (TPSA) is 117 Å². The Hall–Kier alpha value is -2.61. The number of nitrogens with zero attached hydrogens (tertiary/aromatic N) is 2. The van der Waals surface area contributed by atoms with E-state index in [9.17, 15) is 14.7 Å². The molecule has 174 valence electrons. The molecule has 8 heteroatoms. The monoisotopic (exact) mass is 442 g/mol. The van der Waals surface area contributed by atoms with Gasteiger partial charge < -0.3 is 20.9 Å². The van der Waals surface area contributed by atoms with Gasteiger partial charge in [-0.1, -0.05) is 39.0 Å². The van der Waals surface area contributed by atoms with Crippen LogP contribution in [-0.2, 0) is 9.59 Å². The van der Waals surface area contributed by atoms with Gasteiger partial charge in [0.15, 0.2) is 5.96 Å². The van der Waals surface area contributed by atoms with Crippen LogP contribution in [0.5, 0.6) is 5.75 Å². The average Bonchev–Trinajstić information content (AvgIpc) is 3.41. The number of aliphatic imine (C=N–C) groups is 1. The minimum absolute atomic E-state index is 0.00323. The van der Waals surface area contributed by atoms with E-state index in [1.54, 1.807) is 6.92 Å². The van der Waals surface area contributed by atoms with Gasteiger partial charge in [0.05, 0.1) is 18.0 Å². The van der Waals surface area contributed by atoms with Crippen LogP contribution in [0.25, 0.3) is 0 Å². The van der Waals surface area contributed by atoms with Crippen molar-refractivity contribution in [1.82, 2.24) is 10.2 Å². The third-order valence-corrected chi connectivity index (χ3v) is 7.64. The fourth-order valence-electron chi connectivity index (χ4n) is 5.13. The molecular formula is C24H34N4O4. The van der Waals surface area contributed by atoms with E-state index in [1.165, 1.54) is 4.90 Å². The predicted octanol–water partition coefficient (Wildman–Crippen LogP) is 1.98. The quantitative estimate of drug-likeness (QED) is 0.623. The molecule has 5 atom stereocenters. The molecule has 0 aromatic heterocycles. The van der Waals surface area contributed by atoms with Gasteiger partial charge in [0.1, 0.15) is 18.0 Å². The van der Waals surface area contributed by atoms with E-state index in [0.717, 1.165) is 18.4 Å². The minimum Gasteiger partial charge on any atom is -0.490 e. The van der Waals surface area contributed by atoms with Crippen molar-refractivity contribution in [3.63, 3.8) is 0 Å². The van der Waals surface area contributed by atoms with E-state index in [4.69, 9.17) is 10.5 Å². The summed E-state index contributed by atoms with van der Waals surface area (Å²) in [5.41, 5.74) is 5.32. The van der Waals surface area contributed by atoms with Crippen LogP contribution in [0.3, 0.4) is 0 Å². The number of nitrogens with one attached hydrogen (secondary N) is 1. The Morgan fingerprint density at radius 2 is 2.03 bits per heavy atom. The molecule has 1 aromatic rings. The van der Waals surface area contributed by atoms with Gasteiger partial charge in [0.2, 0.25) is 11.8 Å². The molecule has 0 spiro atoms. The summed E-state index contributed by atoms with van der Waals surface area (Å²) in [4.78, 5) is 32.2. The van der Waals surface area contributed by atoms with Gasteiger partial charge >= 0.3 is 0 Å². The second-order valence-electron chi connectivity index (χ2n) is 9.76. The molecule has 8 nitrogen and oxygen atoms in total. The number of guanidine groups is 1. The highest BCUT2D eigenvalue weighted by molar-refractivity contribution is 5.99. The Balaban J connectivity index is 1.45. The number of aliphatic hydroxyl groups is 1. The molecule has 4 rings (SSSR count). The van der Waals surface area contributed by atoms with E-state index in [1.807, 2.05) is 45.0 Å². The summed E-state index contributed by atoms with van der Waals surface area (Å²) >= 11 is 0. The van der Waals surface area contributed by atoms with Gasteiger partial charge in [0.25, 0.3) is 0 Å². The number of nitrogens with two attached hydrogens (primary N) is 1. The SMILES string of the molecule is CCC1(CC)CC(=O)N(CC2C(C)C2C(=O)N[C@@H]2c3ccccc3OC[C@]2(C)O)C(N)=N1. The molecule has 0 saturated heterocycles. The molecule has 2 heterocycles. The summed E-state index contributed by atoms with van der Waals surface area (Å²) in [6.07, 6.45) is 1.88. The summed E-state index contributed by atoms with van der Waals surface area (Å²) in [7, 11) is 0. The summed E-state index contributed by atoms with van der Waals surface area (Å²) < 4.78 is 5.66. The maximum Gasteiger partial charge on any atom is 0.231 e. The van der Waals surface area contributed by atoms with Crippen LogP contribution < -0.4 is 15.8 Å². The number of carbonyl (C=O) groups excluding carboxylic acids is 2. The van der Waals surface area contributed by atoms with Crippen LogP contribution in [0.1, 0.15) is 58.6 Å². The number of para-hydroxylation sites is 1. The fourth-order valence-corrected chi connectivity index (χ4v) is 5.13. The standard InChI is InChI=1S/C24H34N4O4/c1-5-24(6-2)11-18(29)28(22(25)27-24)12-16-14(3)19(16)21(30)26-20-15-9-7-8-10-17(15)32-13-23(20,4)31/h7-10,14,16,19-20,31H,5-6,11-13H2,1-4H3,(H2,25,27)(H,26,30)/t14?,16?,19?,20-,23+/m1/s1. The Kier molecular flexibility index (Phi) is 5.69. The smallest absolute Gasteiger partial charge is 0.231 e. The van der Waals surface area contributed by atoms with Gasteiger partial charge in [-0.2, -0.15) is 0 Å². The summed E-state index contributed by atoms with van der Waals surface area (Å²) in [5, 5.41) is 13.9. The molecule has 3 unspecified atom stereocenters. The van der Waals surface area contributed by atoms with Crippen molar-refractivity contribution in [2.45, 2.75) is 64.1 Å². The first-order chi connectivity index (χ1) is 15.1. The number of fused-ring (bicyclic) bond motifs is 1.